The Morgan fingerprint density at radius 3 is 2.05 bits per heavy atom. The molecule has 0 fully saturated rings. The van der Waals surface area contributed by atoms with Gasteiger partial charge >= 0.3 is 0 Å². The van der Waals surface area contributed by atoms with Crippen LogP contribution in [-0.2, 0) is 0 Å². The highest BCUT2D eigenvalue weighted by atomic mass is 16.3. The predicted octanol–water partition coefficient (Wildman–Crippen LogP) is 4.12. The van der Waals surface area contributed by atoms with Crippen molar-refractivity contribution in [1.82, 2.24) is 4.98 Å². The number of rotatable bonds is 2. The van der Waals surface area contributed by atoms with Crippen molar-refractivity contribution >= 4 is 0 Å². The minimum Gasteiger partial charge on any atom is -0.508 e. The van der Waals surface area contributed by atoms with Crippen LogP contribution in [0.1, 0.15) is 0 Å². The molecule has 0 aliphatic carbocycles. The van der Waals surface area contributed by atoms with E-state index in [-0.39, 0.29) is 5.75 Å². The lowest BCUT2D eigenvalue weighted by Crippen LogP contribution is -1.82. The summed E-state index contributed by atoms with van der Waals surface area (Å²) in [6.45, 7) is 0. The zero-order valence-corrected chi connectivity index (χ0v) is 10.3. The highest BCUT2D eigenvalue weighted by Gasteiger charge is 2.01. The van der Waals surface area contributed by atoms with Gasteiger partial charge in [-0.25, -0.2) is 0 Å². The predicted molar refractivity (Wildman–Crippen MR) is 76.8 cm³/mol. The van der Waals surface area contributed by atoms with Crippen molar-refractivity contribution in [1.29, 1.82) is 0 Å². The lowest BCUT2D eigenvalue weighted by molar-refractivity contribution is 0.475. The Balaban J connectivity index is 2.03. The van der Waals surface area contributed by atoms with E-state index >= 15 is 0 Å². The van der Waals surface area contributed by atoms with Gasteiger partial charge in [0.05, 0.1) is 0 Å². The summed E-state index contributed by atoms with van der Waals surface area (Å²) in [4.78, 5) is 4.14. The first-order valence-corrected chi connectivity index (χ1v) is 6.13. The van der Waals surface area contributed by atoms with Gasteiger partial charge in [-0.3, -0.25) is 4.98 Å². The molecule has 3 rings (SSSR count). The quantitative estimate of drug-likeness (QED) is 0.738. The maximum absolute atomic E-state index is 9.33. The summed E-state index contributed by atoms with van der Waals surface area (Å²) in [6, 6.07) is 19.5. The van der Waals surface area contributed by atoms with Crippen molar-refractivity contribution in [2.75, 3.05) is 0 Å². The molecule has 3 aromatic rings. The van der Waals surface area contributed by atoms with Crippen LogP contribution in [0.15, 0.2) is 73.1 Å². The first-order chi connectivity index (χ1) is 9.33. The Bertz CT molecular complexity index is 675. The third kappa shape index (κ3) is 2.47. The molecule has 0 spiro atoms. The summed E-state index contributed by atoms with van der Waals surface area (Å²) in [5.41, 5.74) is 4.45. The number of hydrogen-bond donors (Lipinski definition) is 1. The van der Waals surface area contributed by atoms with Gasteiger partial charge in [0.2, 0.25) is 0 Å². The van der Waals surface area contributed by atoms with Crippen LogP contribution in [-0.4, -0.2) is 10.1 Å². The Hall–Kier alpha value is -2.61. The van der Waals surface area contributed by atoms with Gasteiger partial charge in [0, 0.05) is 18.0 Å². The number of phenolic OH excluding ortho intramolecular Hbond substituents is 1. The second-order valence-electron chi connectivity index (χ2n) is 4.37. The van der Waals surface area contributed by atoms with Crippen molar-refractivity contribution in [2.45, 2.75) is 0 Å². The molecule has 0 atom stereocenters. The SMILES string of the molecule is Oc1ccc(-c2cccc(-c3cccnc3)c2)cc1. The van der Waals surface area contributed by atoms with Crippen molar-refractivity contribution in [3.63, 3.8) is 0 Å². The fourth-order valence-corrected chi connectivity index (χ4v) is 2.07. The highest BCUT2D eigenvalue weighted by Crippen LogP contribution is 2.26. The van der Waals surface area contributed by atoms with E-state index in [1.807, 2.05) is 36.5 Å². The number of aromatic nitrogens is 1. The van der Waals surface area contributed by atoms with Gasteiger partial charge in [-0.15, -0.1) is 0 Å². The monoisotopic (exact) mass is 247 g/mol. The van der Waals surface area contributed by atoms with Crippen molar-refractivity contribution < 1.29 is 5.11 Å². The molecule has 0 aliphatic heterocycles. The molecule has 0 amide bonds. The first-order valence-electron chi connectivity index (χ1n) is 6.13. The number of nitrogens with zero attached hydrogens (tertiary/aromatic N) is 1. The van der Waals surface area contributed by atoms with E-state index in [1.165, 1.54) is 0 Å². The van der Waals surface area contributed by atoms with Crippen molar-refractivity contribution in [2.24, 2.45) is 0 Å². The molecule has 1 heterocycles. The standard InChI is InChI=1S/C17H13NO/c19-17-8-6-13(7-9-17)14-3-1-4-15(11-14)16-5-2-10-18-12-16/h1-12,19H. The summed E-state index contributed by atoms with van der Waals surface area (Å²) < 4.78 is 0. The van der Waals surface area contributed by atoms with Crippen LogP contribution in [0.2, 0.25) is 0 Å². The molecule has 1 aromatic heterocycles. The van der Waals surface area contributed by atoms with E-state index in [2.05, 4.69) is 23.2 Å². The van der Waals surface area contributed by atoms with Gasteiger partial charge < -0.3 is 5.11 Å². The van der Waals surface area contributed by atoms with E-state index in [1.54, 1.807) is 18.3 Å². The van der Waals surface area contributed by atoms with Crippen molar-refractivity contribution in [3.8, 4) is 28.0 Å². The molecule has 0 aliphatic rings. The summed E-state index contributed by atoms with van der Waals surface area (Å²) in [5, 5.41) is 9.33. The number of aromatic hydroxyl groups is 1. The van der Waals surface area contributed by atoms with Crippen LogP contribution in [0.5, 0.6) is 5.75 Å². The van der Waals surface area contributed by atoms with Crippen LogP contribution >= 0.6 is 0 Å². The normalized spacial score (nSPS) is 10.3. The molecule has 0 bridgehead atoms. The molecule has 0 saturated carbocycles. The van der Waals surface area contributed by atoms with E-state index in [0.717, 1.165) is 22.3 Å². The molecule has 2 nitrogen and oxygen atoms in total. The van der Waals surface area contributed by atoms with Gasteiger partial charge in [-0.2, -0.15) is 0 Å². The second kappa shape index (κ2) is 4.94. The Labute approximate surface area is 112 Å². The molecule has 92 valence electrons. The molecule has 2 heteroatoms. The largest absolute Gasteiger partial charge is 0.508 e. The summed E-state index contributed by atoms with van der Waals surface area (Å²) >= 11 is 0. The van der Waals surface area contributed by atoms with Gasteiger partial charge in [0.15, 0.2) is 0 Å². The molecular weight excluding hydrogens is 234 g/mol. The lowest BCUT2D eigenvalue weighted by atomic mass is 10.00. The van der Waals surface area contributed by atoms with Crippen molar-refractivity contribution in [3.05, 3.63) is 73.1 Å². The minimum atomic E-state index is 0.284. The zero-order chi connectivity index (χ0) is 13.1. The van der Waals surface area contributed by atoms with Crippen LogP contribution in [0.4, 0.5) is 0 Å². The lowest BCUT2D eigenvalue weighted by Gasteiger charge is -2.06. The third-order valence-electron chi connectivity index (χ3n) is 3.06. The fraction of sp³-hybridized carbons (Fsp3) is 0. The molecule has 2 aromatic carbocycles. The molecule has 0 unspecified atom stereocenters. The van der Waals surface area contributed by atoms with Crippen LogP contribution in [0, 0.1) is 0 Å². The molecule has 19 heavy (non-hydrogen) atoms. The van der Waals surface area contributed by atoms with E-state index in [9.17, 15) is 5.11 Å². The first kappa shape index (κ1) is 11.5. The van der Waals surface area contributed by atoms with Crippen LogP contribution in [0.3, 0.4) is 0 Å². The smallest absolute Gasteiger partial charge is 0.115 e. The summed E-state index contributed by atoms with van der Waals surface area (Å²) in [7, 11) is 0. The van der Waals surface area contributed by atoms with Gasteiger partial charge in [0.1, 0.15) is 5.75 Å². The third-order valence-corrected chi connectivity index (χ3v) is 3.06. The van der Waals surface area contributed by atoms with Crippen LogP contribution < -0.4 is 0 Å². The molecule has 0 saturated heterocycles. The number of pyridine rings is 1. The molecule has 1 N–H and O–H groups in total. The summed E-state index contributed by atoms with van der Waals surface area (Å²) in [6.07, 6.45) is 3.63. The Morgan fingerprint density at radius 2 is 1.37 bits per heavy atom. The van der Waals surface area contributed by atoms with Gasteiger partial charge in [0.25, 0.3) is 0 Å². The van der Waals surface area contributed by atoms with E-state index < -0.39 is 0 Å². The number of hydrogen-bond acceptors (Lipinski definition) is 2. The van der Waals surface area contributed by atoms with E-state index in [4.69, 9.17) is 0 Å². The van der Waals surface area contributed by atoms with E-state index in [0.29, 0.717) is 0 Å². The molecule has 0 radical (unpaired) electrons. The minimum absolute atomic E-state index is 0.284. The number of benzene rings is 2. The number of phenols is 1. The topological polar surface area (TPSA) is 33.1 Å². The average Bonchev–Trinajstić information content (AvgIpc) is 2.49. The maximum atomic E-state index is 9.33. The Morgan fingerprint density at radius 1 is 0.684 bits per heavy atom. The van der Waals surface area contributed by atoms with Crippen LogP contribution in [0.25, 0.3) is 22.3 Å². The molecular formula is C17H13NO. The summed E-state index contributed by atoms with van der Waals surface area (Å²) in [5.74, 6) is 0.284. The average molecular weight is 247 g/mol. The fourth-order valence-electron chi connectivity index (χ4n) is 2.07. The maximum Gasteiger partial charge on any atom is 0.115 e. The highest BCUT2D eigenvalue weighted by molar-refractivity contribution is 5.72. The second-order valence-corrected chi connectivity index (χ2v) is 4.37. The zero-order valence-electron chi connectivity index (χ0n) is 10.3. The Kier molecular flexibility index (Phi) is 2.99. The van der Waals surface area contributed by atoms with Gasteiger partial charge in [-0.05, 0) is 41.0 Å². The van der Waals surface area contributed by atoms with Gasteiger partial charge in [-0.1, -0.05) is 36.4 Å².